The van der Waals surface area contributed by atoms with Crippen LogP contribution in [-0.4, -0.2) is 49.0 Å². The molecule has 2 aliphatic heterocycles. The first-order chi connectivity index (χ1) is 15.0. The van der Waals surface area contributed by atoms with Crippen LogP contribution in [0.1, 0.15) is 43.2 Å². The largest absolute Gasteiger partial charge is 0.483 e. The number of para-hydroxylation sites is 1. The number of aryl methyl sites for hydroxylation is 1. The highest BCUT2D eigenvalue weighted by Crippen LogP contribution is 2.38. The van der Waals surface area contributed by atoms with Gasteiger partial charge in [0.1, 0.15) is 11.6 Å². The zero-order chi connectivity index (χ0) is 21.7. The SMILES string of the molecule is CN1CC2(CCCCc3ccccc3OCC1=O)CCN(Cc1ccccc1F)CC2. The van der Waals surface area contributed by atoms with E-state index in [1.165, 1.54) is 11.6 Å². The number of carbonyl (C=O) groups excluding carboxylic acids is 1. The Labute approximate surface area is 185 Å². The van der Waals surface area contributed by atoms with Crippen molar-refractivity contribution < 1.29 is 13.9 Å². The molecule has 0 saturated carbocycles. The zero-order valence-electron chi connectivity index (χ0n) is 18.5. The minimum atomic E-state index is -0.126. The summed E-state index contributed by atoms with van der Waals surface area (Å²) in [6.07, 6.45) is 6.45. The Morgan fingerprint density at radius 3 is 2.55 bits per heavy atom. The van der Waals surface area contributed by atoms with Crippen LogP contribution in [0.3, 0.4) is 0 Å². The molecule has 0 aromatic heterocycles. The molecule has 2 heterocycles. The maximum Gasteiger partial charge on any atom is 0.260 e. The van der Waals surface area contributed by atoms with Crippen LogP contribution in [0.15, 0.2) is 48.5 Å². The summed E-state index contributed by atoms with van der Waals surface area (Å²) in [5.41, 5.74) is 2.09. The Kier molecular flexibility index (Phi) is 6.91. The average Bonchev–Trinajstić information content (AvgIpc) is 2.78. The first-order valence-corrected chi connectivity index (χ1v) is 11.5. The Morgan fingerprint density at radius 2 is 1.74 bits per heavy atom. The Bertz CT molecular complexity index is 892. The standard InChI is InChI=1S/C26H33FN2O2/c1-28-20-26(14-16-29(17-15-26)18-22-10-2-4-11-23(22)27)13-7-6-9-21-8-3-5-12-24(21)31-19-25(28)30/h2-5,8,10-12H,6-7,9,13-20H2,1H3. The molecule has 1 spiro atoms. The second kappa shape index (κ2) is 9.82. The van der Waals surface area contributed by atoms with Gasteiger partial charge in [-0.2, -0.15) is 0 Å². The van der Waals surface area contributed by atoms with Gasteiger partial charge in [-0.05, 0) is 68.3 Å². The fraction of sp³-hybridized carbons (Fsp3) is 0.500. The van der Waals surface area contributed by atoms with E-state index in [0.717, 1.165) is 69.5 Å². The summed E-state index contributed by atoms with van der Waals surface area (Å²) in [5.74, 6) is 0.740. The minimum absolute atomic E-state index is 0.0311. The number of halogens is 1. The minimum Gasteiger partial charge on any atom is -0.483 e. The number of hydrogen-bond acceptors (Lipinski definition) is 3. The molecular formula is C26H33FN2O2. The third-order valence-electron chi connectivity index (χ3n) is 6.99. The van der Waals surface area contributed by atoms with Crippen molar-refractivity contribution in [3.63, 3.8) is 0 Å². The number of likely N-dealkylation sites (tertiary alicyclic amines) is 1. The quantitative estimate of drug-likeness (QED) is 0.702. The molecule has 1 amide bonds. The van der Waals surface area contributed by atoms with Crippen LogP contribution in [0.2, 0.25) is 0 Å². The Balaban J connectivity index is 1.42. The topological polar surface area (TPSA) is 32.8 Å². The van der Waals surface area contributed by atoms with E-state index in [2.05, 4.69) is 11.0 Å². The molecule has 0 atom stereocenters. The lowest BCUT2D eigenvalue weighted by molar-refractivity contribution is -0.134. The molecule has 4 nitrogen and oxygen atoms in total. The molecular weight excluding hydrogens is 391 g/mol. The van der Waals surface area contributed by atoms with E-state index < -0.39 is 0 Å². The lowest BCUT2D eigenvalue weighted by Crippen LogP contribution is -2.47. The molecule has 0 aliphatic carbocycles. The third kappa shape index (κ3) is 5.45. The number of ether oxygens (including phenoxy) is 1. The highest BCUT2D eigenvalue weighted by atomic mass is 19.1. The first-order valence-electron chi connectivity index (χ1n) is 11.5. The summed E-state index contributed by atoms with van der Waals surface area (Å²) in [7, 11) is 1.90. The fourth-order valence-electron chi connectivity index (χ4n) is 5.05. The van der Waals surface area contributed by atoms with Crippen molar-refractivity contribution in [1.82, 2.24) is 9.80 Å². The van der Waals surface area contributed by atoms with Crippen LogP contribution in [0.4, 0.5) is 4.39 Å². The van der Waals surface area contributed by atoms with E-state index in [1.807, 2.05) is 42.3 Å². The van der Waals surface area contributed by atoms with Crippen LogP contribution in [-0.2, 0) is 17.8 Å². The summed E-state index contributed by atoms with van der Waals surface area (Å²) in [6.45, 7) is 3.39. The molecule has 2 aliphatic rings. The molecule has 166 valence electrons. The van der Waals surface area contributed by atoms with E-state index >= 15 is 0 Å². The lowest BCUT2D eigenvalue weighted by Gasteiger charge is -2.44. The van der Waals surface area contributed by atoms with Gasteiger partial charge in [0.2, 0.25) is 0 Å². The second-order valence-corrected chi connectivity index (χ2v) is 9.22. The number of hydrogen-bond donors (Lipinski definition) is 0. The van der Waals surface area contributed by atoms with Gasteiger partial charge in [-0.1, -0.05) is 42.8 Å². The van der Waals surface area contributed by atoms with Gasteiger partial charge in [-0.15, -0.1) is 0 Å². The van der Waals surface area contributed by atoms with Gasteiger partial charge in [-0.3, -0.25) is 9.69 Å². The molecule has 2 aromatic carbocycles. The highest BCUT2D eigenvalue weighted by Gasteiger charge is 2.36. The summed E-state index contributed by atoms with van der Waals surface area (Å²) in [4.78, 5) is 17.0. The van der Waals surface area contributed by atoms with E-state index in [4.69, 9.17) is 4.74 Å². The molecule has 2 aromatic rings. The van der Waals surface area contributed by atoms with Crippen molar-refractivity contribution in [2.75, 3.05) is 33.3 Å². The van der Waals surface area contributed by atoms with Gasteiger partial charge in [0.05, 0.1) is 0 Å². The predicted octanol–water partition coefficient (Wildman–Crippen LogP) is 4.67. The van der Waals surface area contributed by atoms with Gasteiger partial charge < -0.3 is 9.64 Å². The molecule has 5 heteroatoms. The van der Waals surface area contributed by atoms with E-state index in [1.54, 1.807) is 6.07 Å². The van der Waals surface area contributed by atoms with Crippen molar-refractivity contribution in [2.45, 2.75) is 45.1 Å². The van der Waals surface area contributed by atoms with E-state index in [9.17, 15) is 9.18 Å². The number of nitrogens with zero attached hydrogens (tertiary/aromatic N) is 2. The second-order valence-electron chi connectivity index (χ2n) is 9.22. The number of piperidine rings is 1. The van der Waals surface area contributed by atoms with Crippen molar-refractivity contribution in [2.24, 2.45) is 5.41 Å². The van der Waals surface area contributed by atoms with Crippen LogP contribution >= 0.6 is 0 Å². The normalized spacial score (nSPS) is 20.5. The number of benzene rings is 2. The first kappa shape index (κ1) is 21.8. The number of likely N-dealkylation sites (N-methyl/N-ethyl adjacent to an activating group) is 1. The summed E-state index contributed by atoms with van der Waals surface area (Å²) < 4.78 is 19.9. The maximum absolute atomic E-state index is 14.1. The van der Waals surface area contributed by atoms with Crippen LogP contribution in [0.25, 0.3) is 0 Å². The Hall–Kier alpha value is -2.40. The van der Waals surface area contributed by atoms with Crippen molar-refractivity contribution in [3.8, 4) is 5.75 Å². The lowest BCUT2D eigenvalue weighted by atomic mass is 9.73. The molecule has 1 fully saturated rings. The third-order valence-corrected chi connectivity index (χ3v) is 6.99. The van der Waals surface area contributed by atoms with Gasteiger partial charge in [0, 0.05) is 25.7 Å². The summed E-state index contributed by atoms with van der Waals surface area (Å²) >= 11 is 0. The number of fused-ring (bicyclic) bond motifs is 1. The summed E-state index contributed by atoms with van der Waals surface area (Å²) in [5, 5.41) is 0. The summed E-state index contributed by atoms with van der Waals surface area (Å²) in [6, 6.07) is 15.1. The van der Waals surface area contributed by atoms with Crippen LogP contribution < -0.4 is 4.74 Å². The molecule has 31 heavy (non-hydrogen) atoms. The molecule has 4 rings (SSSR count). The van der Waals surface area contributed by atoms with Crippen molar-refractivity contribution in [3.05, 3.63) is 65.5 Å². The number of rotatable bonds is 2. The van der Waals surface area contributed by atoms with Gasteiger partial charge in [0.15, 0.2) is 6.61 Å². The number of amides is 1. The van der Waals surface area contributed by atoms with Gasteiger partial charge >= 0.3 is 0 Å². The smallest absolute Gasteiger partial charge is 0.260 e. The monoisotopic (exact) mass is 424 g/mol. The average molecular weight is 425 g/mol. The van der Waals surface area contributed by atoms with Crippen LogP contribution in [0.5, 0.6) is 5.75 Å². The zero-order valence-corrected chi connectivity index (χ0v) is 18.5. The Morgan fingerprint density at radius 1 is 1.00 bits per heavy atom. The molecule has 0 radical (unpaired) electrons. The highest BCUT2D eigenvalue weighted by molar-refractivity contribution is 5.77. The molecule has 0 bridgehead atoms. The maximum atomic E-state index is 14.1. The fourth-order valence-corrected chi connectivity index (χ4v) is 5.05. The molecule has 0 unspecified atom stereocenters. The van der Waals surface area contributed by atoms with E-state index in [0.29, 0.717) is 6.54 Å². The predicted molar refractivity (Wildman–Crippen MR) is 120 cm³/mol. The van der Waals surface area contributed by atoms with Gasteiger partial charge in [0.25, 0.3) is 5.91 Å². The van der Waals surface area contributed by atoms with Crippen LogP contribution in [0, 0.1) is 11.2 Å². The van der Waals surface area contributed by atoms with Crippen molar-refractivity contribution in [1.29, 1.82) is 0 Å². The van der Waals surface area contributed by atoms with Crippen molar-refractivity contribution >= 4 is 5.91 Å². The molecule has 1 saturated heterocycles. The number of carbonyl (C=O) groups is 1. The van der Waals surface area contributed by atoms with Gasteiger partial charge in [-0.25, -0.2) is 4.39 Å². The molecule has 0 N–H and O–H groups in total. The van der Waals surface area contributed by atoms with E-state index in [-0.39, 0.29) is 23.7 Å².